The predicted octanol–water partition coefficient (Wildman–Crippen LogP) is 3.29. The van der Waals surface area contributed by atoms with Crippen molar-refractivity contribution >= 4 is 36.4 Å². The van der Waals surface area contributed by atoms with E-state index in [0.717, 1.165) is 12.1 Å². The number of nitrogens with zero attached hydrogens (tertiary/aromatic N) is 1. The lowest BCUT2D eigenvalue weighted by atomic mass is 10.1. The molecule has 1 amide bonds. The lowest BCUT2D eigenvalue weighted by Gasteiger charge is -2.25. The van der Waals surface area contributed by atoms with Crippen molar-refractivity contribution in [1.29, 1.82) is 0 Å². The fourth-order valence-electron chi connectivity index (χ4n) is 2.33. The molecule has 0 aliphatic heterocycles. The summed E-state index contributed by atoms with van der Waals surface area (Å²) in [5, 5.41) is 3.00. The van der Waals surface area contributed by atoms with Gasteiger partial charge in [-0.1, -0.05) is 42.5 Å². The second-order valence-corrected chi connectivity index (χ2v) is 5.97. The third-order valence-electron chi connectivity index (χ3n) is 3.97. The zero-order chi connectivity index (χ0) is 16.7. The van der Waals surface area contributed by atoms with Gasteiger partial charge in [-0.3, -0.25) is 9.69 Å². The van der Waals surface area contributed by atoms with E-state index >= 15 is 0 Å². The van der Waals surface area contributed by atoms with Crippen LogP contribution in [0.3, 0.4) is 0 Å². The van der Waals surface area contributed by atoms with Crippen LogP contribution >= 0.6 is 24.8 Å². The first-order chi connectivity index (χ1) is 11.0. The summed E-state index contributed by atoms with van der Waals surface area (Å²) in [5.41, 5.74) is 8.61. The molecule has 1 unspecified atom stereocenters. The molecule has 0 spiro atoms. The van der Waals surface area contributed by atoms with Crippen LogP contribution in [0, 0.1) is 0 Å². The Morgan fingerprint density at radius 1 is 1.04 bits per heavy atom. The summed E-state index contributed by atoms with van der Waals surface area (Å²) in [5.74, 6) is 0.0368. The van der Waals surface area contributed by atoms with Gasteiger partial charge in [0.05, 0.1) is 6.42 Å². The Morgan fingerprint density at radius 2 is 1.64 bits per heavy atom. The number of benzene rings is 2. The Balaban J connectivity index is 0.00000288. The van der Waals surface area contributed by atoms with E-state index in [2.05, 4.69) is 36.3 Å². The highest BCUT2D eigenvalue weighted by Crippen LogP contribution is 2.07. The molecule has 0 heterocycles. The van der Waals surface area contributed by atoms with Gasteiger partial charge in [-0.2, -0.15) is 0 Å². The number of carbonyl (C=O) groups excluding carboxylic acids is 1. The van der Waals surface area contributed by atoms with Crippen molar-refractivity contribution in [2.75, 3.05) is 19.3 Å². The van der Waals surface area contributed by atoms with Crippen molar-refractivity contribution < 1.29 is 4.79 Å². The topological polar surface area (TPSA) is 58.4 Å². The Morgan fingerprint density at radius 3 is 2.24 bits per heavy atom. The number of anilines is 1. The minimum absolute atomic E-state index is 0. The zero-order valence-corrected chi connectivity index (χ0v) is 16.3. The summed E-state index contributed by atoms with van der Waals surface area (Å²) < 4.78 is 0. The lowest BCUT2D eigenvalue weighted by Crippen LogP contribution is -2.40. The van der Waals surface area contributed by atoms with Crippen LogP contribution in [0.15, 0.2) is 54.6 Å². The molecule has 6 heteroatoms. The molecule has 0 aliphatic rings. The number of likely N-dealkylation sites (N-methyl/N-ethyl adjacent to an activating group) is 1. The number of halogens is 2. The largest absolute Gasteiger partial charge is 0.399 e. The van der Waals surface area contributed by atoms with Crippen molar-refractivity contribution in [3.05, 3.63) is 65.7 Å². The number of nitrogens with one attached hydrogen (secondary N) is 1. The molecule has 4 nitrogen and oxygen atoms in total. The maximum atomic E-state index is 12.0. The highest BCUT2D eigenvalue weighted by Gasteiger charge is 2.11. The maximum absolute atomic E-state index is 12.0. The first-order valence-corrected chi connectivity index (χ1v) is 7.90. The van der Waals surface area contributed by atoms with Crippen molar-refractivity contribution in [3.8, 4) is 0 Å². The SMILES string of the molecule is CC(CNC(=O)Cc1ccc(N)cc1)N(C)Cc1ccccc1.Cl.Cl. The Bertz CT molecular complexity index is 620. The van der Waals surface area contributed by atoms with Gasteiger partial charge < -0.3 is 11.1 Å². The minimum Gasteiger partial charge on any atom is -0.399 e. The van der Waals surface area contributed by atoms with Gasteiger partial charge in [0, 0.05) is 24.8 Å². The van der Waals surface area contributed by atoms with Crippen molar-refractivity contribution in [3.63, 3.8) is 0 Å². The van der Waals surface area contributed by atoms with Crippen LogP contribution in [0.25, 0.3) is 0 Å². The first-order valence-electron chi connectivity index (χ1n) is 7.90. The Kier molecular flexibility index (Phi) is 10.9. The van der Waals surface area contributed by atoms with Crippen LogP contribution in [0.1, 0.15) is 18.1 Å². The van der Waals surface area contributed by atoms with Gasteiger partial charge >= 0.3 is 0 Å². The van der Waals surface area contributed by atoms with E-state index in [-0.39, 0.29) is 36.8 Å². The highest BCUT2D eigenvalue weighted by atomic mass is 35.5. The quantitative estimate of drug-likeness (QED) is 0.721. The number of rotatable bonds is 7. The molecule has 0 radical (unpaired) electrons. The molecular formula is C19H27Cl2N3O. The minimum atomic E-state index is 0. The summed E-state index contributed by atoms with van der Waals surface area (Å²) in [6, 6.07) is 18.0. The molecule has 2 aromatic carbocycles. The fraction of sp³-hybridized carbons (Fsp3) is 0.316. The van der Waals surface area contributed by atoms with Crippen molar-refractivity contribution in [2.24, 2.45) is 0 Å². The summed E-state index contributed by atoms with van der Waals surface area (Å²) >= 11 is 0. The second kappa shape index (κ2) is 11.7. The van der Waals surface area contributed by atoms with E-state index in [1.807, 2.05) is 42.5 Å². The highest BCUT2D eigenvalue weighted by molar-refractivity contribution is 5.85. The Hall–Kier alpha value is -1.75. The molecule has 138 valence electrons. The molecule has 0 aromatic heterocycles. The van der Waals surface area contributed by atoms with E-state index in [4.69, 9.17) is 5.73 Å². The third-order valence-corrected chi connectivity index (χ3v) is 3.97. The van der Waals surface area contributed by atoms with E-state index in [9.17, 15) is 4.79 Å². The van der Waals surface area contributed by atoms with Crippen LogP contribution in [-0.2, 0) is 17.8 Å². The van der Waals surface area contributed by atoms with Gasteiger partial charge in [0.2, 0.25) is 5.91 Å². The van der Waals surface area contributed by atoms with Crippen molar-refractivity contribution in [2.45, 2.75) is 25.9 Å². The summed E-state index contributed by atoms with van der Waals surface area (Å²) in [7, 11) is 2.07. The number of amides is 1. The molecule has 0 fully saturated rings. The van der Waals surface area contributed by atoms with Gasteiger partial charge in [0.1, 0.15) is 0 Å². The molecule has 0 aliphatic carbocycles. The predicted molar refractivity (Wildman–Crippen MR) is 109 cm³/mol. The van der Waals surface area contributed by atoms with E-state index in [0.29, 0.717) is 18.7 Å². The number of carbonyl (C=O) groups is 1. The average molecular weight is 384 g/mol. The van der Waals surface area contributed by atoms with Gasteiger partial charge in [-0.25, -0.2) is 0 Å². The molecule has 2 aromatic rings. The Labute approximate surface area is 162 Å². The molecule has 0 bridgehead atoms. The van der Waals surface area contributed by atoms with E-state index < -0.39 is 0 Å². The number of nitrogens with two attached hydrogens (primary N) is 1. The molecule has 2 rings (SSSR count). The van der Waals surface area contributed by atoms with Gasteiger partial charge in [-0.15, -0.1) is 24.8 Å². The second-order valence-electron chi connectivity index (χ2n) is 5.97. The first kappa shape index (κ1) is 23.2. The smallest absolute Gasteiger partial charge is 0.224 e. The van der Waals surface area contributed by atoms with Gasteiger partial charge in [0.15, 0.2) is 0 Å². The number of hydrogen-bond acceptors (Lipinski definition) is 3. The van der Waals surface area contributed by atoms with E-state index in [1.54, 1.807) is 0 Å². The van der Waals surface area contributed by atoms with Crippen LogP contribution in [0.2, 0.25) is 0 Å². The summed E-state index contributed by atoms with van der Waals surface area (Å²) in [6.45, 7) is 3.62. The fourth-order valence-corrected chi connectivity index (χ4v) is 2.33. The molecule has 0 saturated heterocycles. The molecule has 1 atom stereocenters. The summed E-state index contributed by atoms with van der Waals surface area (Å²) in [4.78, 5) is 14.3. The maximum Gasteiger partial charge on any atom is 0.224 e. The zero-order valence-electron chi connectivity index (χ0n) is 14.6. The molecule has 3 N–H and O–H groups in total. The van der Waals surface area contributed by atoms with Gasteiger partial charge in [-0.05, 0) is 37.2 Å². The normalized spacial score (nSPS) is 11.2. The van der Waals surface area contributed by atoms with Crippen LogP contribution < -0.4 is 11.1 Å². The standard InChI is InChI=1S/C19H25N3O.2ClH/c1-15(22(2)14-17-6-4-3-5-7-17)13-21-19(23)12-16-8-10-18(20)11-9-16;;/h3-11,15H,12-14,20H2,1-2H3,(H,21,23);2*1H. The molecule has 25 heavy (non-hydrogen) atoms. The van der Waals surface area contributed by atoms with Crippen LogP contribution in [0.4, 0.5) is 5.69 Å². The van der Waals surface area contributed by atoms with Crippen LogP contribution in [-0.4, -0.2) is 30.4 Å². The molecule has 0 saturated carbocycles. The van der Waals surface area contributed by atoms with Gasteiger partial charge in [0.25, 0.3) is 0 Å². The van der Waals surface area contributed by atoms with E-state index in [1.165, 1.54) is 5.56 Å². The van der Waals surface area contributed by atoms with Crippen molar-refractivity contribution in [1.82, 2.24) is 10.2 Å². The van der Waals surface area contributed by atoms with Crippen LogP contribution in [0.5, 0.6) is 0 Å². The third kappa shape index (κ3) is 8.25. The molecular weight excluding hydrogens is 357 g/mol. The lowest BCUT2D eigenvalue weighted by molar-refractivity contribution is -0.120. The monoisotopic (exact) mass is 383 g/mol. The summed E-state index contributed by atoms with van der Waals surface area (Å²) in [6.07, 6.45) is 0.384. The average Bonchev–Trinajstić information content (AvgIpc) is 2.55. The number of nitrogen functional groups attached to an aromatic ring is 1. The number of hydrogen-bond donors (Lipinski definition) is 2.